The fourth-order valence-electron chi connectivity index (χ4n) is 3.48. The van der Waals surface area contributed by atoms with Gasteiger partial charge in [-0.1, -0.05) is 27.7 Å². The number of benzene rings is 1. The van der Waals surface area contributed by atoms with Gasteiger partial charge in [0.25, 0.3) is 0 Å². The van der Waals surface area contributed by atoms with Crippen LogP contribution in [-0.4, -0.2) is 40.0 Å². The van der Waals surface area contributed by atoms with Gasteiger partial charge in [-0.15, -0.1) is 0 Å². The summed E-state index contributed by atoms with van der Waals surface area (Å²) in [6, 6.07) is 5.13. The van der Waals surface area contributed by atoms with Gasteiger partial charge in [0, 0.05) is 10.0 Å². The minimum absolute atomic E-state index is 0.0482. The lowest BCUT2D eigenvalue weighted by molar-refractivity contribution is -0.163. The molecule has 0 N–H and O–H groups in total. The highest BCUT2D eigenvalue weighted by Gasteiger charge is 2.60. The number of esters is 1. The fraction of sp³-hybridized carbons (Fsp3) is 0.438. The van der Waals surface area contributed by atoms with Gasteiger partial charge >= 0.3 is 5.97 Å². The molecule has 0 aromatic heterocycles. The van der Waals surface area contributed by atoms with Crippen LogP contribution in [0.1, 0.15) is 25.5 Å². The first-order valence-corrected chi connectivity index (χ1v) is 9.42. The highest BCUT2D eigenvalue weighted by atomic mass is 79.9. The van der Waals surface area contributed by atoms with Crippen molar-refractivity contribution in [2.45, 2.75) is 25.6 Å². The largest absolute Gasteiger partial charge is 0.466 e. The van der Waals surface area contributed by atoms with Crippen molar-refractivity contribution >= 4 is 44.7 Å². The molecule has 4 rings (SSSR count). The van der Waals surface area contributed by atoms with Crippen LogP contribution in [0.4, 0.5) is 0 Å². The molecule has 1 amide bonds. The smallest absolute Gasteiger partial charge is 0.317 e. The van der Waals surface area contributed by atoms with Gasteiger partial charge in [-0.2, -0.15) is 0 Å². The van der Waals surface area contributed by atoms with E-state index < -0.39 is 23.7 Å². The number of thioether (sulfide) groups is 1. The molecule has 1 aromatic rings. The Morgan fingerprint density at radius 1 is 1.58 bits per heavy atom. The maximum Gasteiger partial charge on any atom is 0.317 e. The summed E-state index contributed by atoms with van der Waals surface area (Å²) in [6.45, 7) is 3.80. The zero-order valence-corrected chi connectivity index (χ0v) is 15.5. The molecule has 126 valence electrons. The Morgan fingerprint density at radius 2 is 2.38 bits per heavy atom. The predicted octanol–water partition coefficient (Wildman–Crippen LogP) is 2.72. The third-order valence-corrected chi connectivity index (χ3v) is 5.87. The summed E-state index contributed by atoms with van der Waals surface area (Å²) >= 11 is 4.84. The molecule has 6 nitrogen and oxygen atoms in total. The number of aliphatic imine (C=N–C) groups is 1. The molecule has 3 aliphatic heterocycles. The van der Waals surface area contributed by atoms with Gasteiger partial charge < -0.3 is 9.47 Å². The summed E-state index contributed by atoms with van der Waals surface area (Å²) in [4.78, 5) is 31.4. The Labute approximate surface area is 151 Å². The number of nitrogens with zero attached hydrogens (tertiary/aromatic N) is 2. The van der Waals surface area contributed by atoms with Crippen LogP contribution >= 0.6 is 27.7 Å². The Hall–Kier alpha value is -1.54. The van der Waals surface area contributed by atoms with Crippen LogP contribution in [0, 0.1) is 5.92 Å². The van der Waals surface area contributed by atoms with E-state index in [1.165, 1.54) is 11.8 Å². The number of carbonyl (C=O) groups excluding carboxylic acids is 2. The molecular weight excluding hydrogens is 396 g/mol. The van der Waals surface area contributed by atoms with Crippen LogP contribution in [-0.2, 0) is 14.3 Å². The number of fused-ring (bicyclic) bond motifs is 6. The summed E-state index contributed by atoms with van der Waals surface area (Å²) in [5.41, 5.74) is -0.288. The van der Waals surface area contributed by atoms with Crippen molar-refractivity contribution in [2.24, 2.45) is 10.9 Å². The van der Waals surface area contributed by atoms with E-state index in [0.29, 0.717) is 16.7 Å². The van der Waals surface area contributed by atoms with Crippen LogP contribution in [0.3, 0.4) is 0 Å². The number of ether oxygens (including phenoxy) is 2. The van der Waals surface area contributed by atoms with Crippen LogP contribution in [0.25, 0.3) is 0 Å². The minimum Gasteiger partial charge on any atom is -0.466 e. The van der Waals surface area contributed by atoms with Gasteiger partial charge in [0.05, 0.1) is 18.4 Å². The van der Waals surface area contributed by atoms with Crippen molar-refractivity contribution in [3.8, 4) is 5.75 Å². The maximum atomic E-state index is 12.7. The van der Waals surface area contributed by atoms with E-state index in [-0.39, 0.29) is 12.5 Å². The van der Waals surface area contributed by atoms with Crippen molar-refractivity contribution in [3.63, 3.8) is 0 Å². The molecule has 2 bridgehead atoms. The number of hydrogen-bond acceptors (Lipinski definition) is 6. The standard InChI is InChI=1S/C16H15BrN2O4S/c1-3-22-14(21)12-13-9-6-8(17)4-5-10(9)23-16(12,2)18-15-19(13)11(20)7-24-15/h4-6,12-13H,3,7H2,1-2H3. The molecular formula is C16H15BrN2O4S. The number of carbonyl (C=O) groups is 2. The molecule has 3 unspecified atom stereocenters. The highest BCUT2D eigenvalue weighted by molar-refractivity contribution is 9.10. The Morgan fingerprint density at radius 3 is 3.12 bits per heavy atom. The molecule has 24 heavy (non-hydrogen) atoms. The highest BCUT2D eigenvalue weighted by Crippen LogP contribution is 2.53. The molecule has 1 aromatic carbocycles. The average molecular weight is 411 g/mol. The van der Waals surface area contributed by atoms with E-state index in [4.69, 9.17) is 9.47 Å². The molecule has 3 heterocycles. The summed E-state index contributed by atoms with van der Waals surface area (Å²) in [7, 11) is 0. The number of amidine groups is 1. The van der Waals surface area contributed by atoms with Gasteiger partial charge in [-0.3, -0.25) is 14.5 Å². The molecule has 3 aliphatic rings. The lowest BCUT2D eigenvalue weighted by atomic mass is 9.80. The Balaban J connectivity index is 1.93. The number of hydrogen-bond donors (Lipinski definition) is 0. The lowest BCUT2D eigenvalue weighted by Gasteiger charge is -2.49. The molecule has 1 saturated heterocycles. The number of halogens is 1. The summed E-state index contributed by atoms with van der Waals surface area (Å²) in [6.07, 6.45) is 0. The average Bonchev–Trinajstić information content (AvgIpc) is 2.87. The molecule has 0 radical (unpaired) electrons. The number of amides is 1. The molecule has 0 spiro atoms. The van der Waals surface area contributed by atoms with Gasteiger partial charge in [0.15, 0.2) is 5.17 Å². The SMILES string of the molecule is CCOC(=O)C1C2c3cc(Br)ccc3OC1(C)N=C1SCC(=O)N12. The van der Waals surface area contributed by atoms with Crippen molar-refractivity contribution in [2.75, 3.05) is 12.4 Å². The molecule has 0 aliphatic carbocycles. The van der Waals surface area contributed by atoms with Gasteiger partial charge in [-0.25, -0.2) is 4.99 Å². The molecule has 8 heteroatoms. The van der Waals surface area contributed by atoms with Crippen LogP contribution in [0.5, 0.6) is 5.75 Å². The molecule has 3 atom stereocenters. The van der Waals surface area contributed by atoms with Crippen LogP contribution in [0.15, 0.2) is 27.7 Å². The summed E-state index contributed by atoms with van der Waals surface area (Å²) in [5.74, 6) is -0.190. The third kappa shape index (κ3) is 2.19. The maximum absolute atomic E-state index is 12.7. The third-order valence-electron chi connectivity index (χ3n) is 4.44. The van der Waals surface area contributed by atoms with Gasteiger partial charge in [0.1, 0.15) is 11.7 Å². The second-order valence-electron chi connectivity index (χ2n) is 5.96. The van der Waals surface area contributed by atoms with Gasteiger partial charge in [-0.05, 0) is 32.0 Å². The van der Waals surface area contributed by atoms with E-state index in [1.54, 1.807) is 18.7 Å². The van der Waals surface area contributed by atoms with Crippen molar-refractivity contribution in [1.29, 1.82) is 0 Å². The van der Waals surface area contributed by atoms with E-state index >= 15 is 0 Å². The van der Waals surface area contributed by atoms with E-state index in [1.807, 2.05) is 18.2 Å². The fourth-order valence-corrected chi connectivity index (χ4v) is 4.86. The molecule has 0 saturated carbocycles. The first-order chi connectivity index (χ1) is 11.4. The summed E-state index contributed by atoms with van der Waals surface area (Å²) < 4.78 is 12.2. The monoisotopic (exact) mass is 410 g/mol. The van der Waals surface area contributed by atoms with Crippen molar-refractivity contribution in [1.82, 2.24) is 4.90 Å². The minimum atomic E-state index is -1.08. The Bertz CT molecular complexity index is 783. The topological polar surface area (TPSA) is 68.2 Å². The second kappa shape index (κ2) is 5.49. The summed E-state index contributed by atoms with van der Waals surface area (Å²) in [5, 5.41) is 0.610. The zero-order chi connectivity index (χ0) is 17.1. The van der Waals surface area contributed by atoms with E-state index in [0.717, 1.165) is 10.0 Å². The predicted molar refractivity (Wildman–Crippen MR) is 92.8 cm³/mol. The zero-order valence-electron chi connectivity index (χ0n) is 13.1. The van der Waals surface area contributed by atoms with Crippen LogP contribution < -0.4 is 4.74 Å². The number of rotatable bonds is 2. The quantitative estimate of drug-likeness (QED) is 0.701. The van der Waals surface area contributed by atoms with E-state index in [9.17, 15) is 9.59 Å². The first kappa shape index (κ1) is 16.0. The normalized spacial score (nSPS) is 30.2. The Kier molecular flexibility index (Phi) is 3.65. The lowest BCUT2D eigenvalue weighted by Crippen LogP contribution is -2.59. The van der Waals surface area contributed by atoms with E-state index in [2.05, 4.69) is 20.9 Å². The van der Waals surface area contributed by atoms with Crippen LogP contribution in [0.2, 0.25) is 0 Å². The van der Waals surface area contributed by atoms with Gasteiger partial charge in [0.2, 0.25) is 11.6 Å². The van der Waals surface area contributed by atoms with Crippen molar-refractivity contribution in [3.05, 3.63) is 28.2 Å². The molecule has 1 fully saturated rings. The second-order valence-corrected chi connectivity index (χ2v) is 7.82. The van der Waals surface area contributed by atoms with Crippen molar-refractivity contribution < 1.29 is 19.1 Å². The first-order valence-electron chi connectivity index (χ1n) is 7.64.